The van der Waals surface area contributed by atoms with Crippen molar-refractivity contribution in [1.29, 1.82) is 0 Å². The minimum Gasteiger partial charge on any atom is -0.337 e. The van der Waals surface area contributed by atoms with Gasteiger partial charge in [-0.05, 0) is 30.4 Å². The molecule has 3 rings (SSSR count). The number of carbonyl (C=O) groups excluding carboxylic acids is 1. The second-order valence-electron chi connectivity index (χ2n) is 6.50. The van der Waals surface area contributed by atoms with Gasteiger partial charge in [-0.1, -0.05) is 48.5 Å². The van der Waals surface area contributed by atoms with E-state index in [0.717, 1.165) is 6.07 Å². The highest BCUT2D eigenvalue weighted by Gasteiger charge is 2.36. The monoisotopic (exact) mass is 375 g/mol. The first-order valence-electron chi connectivity index (χ1n) is 8.70. The molecule has 1 aliphatic heterocycles. The van der Waals surface area contributed by atoms with Gasteiger partial charge in [0.15, 0.2) is 5.71 Å². The van der Waals surface area contributed by atoms with Gasteiger partial charge in [0, 0.05) is 18.7 Å². The van der Waals surface area contributed by atoms with E-state index in [4.69, 9.17) is 5.84 Å². The van der Waals surface area contributed by atoms with Crippen LogP contribution in [0.2, 0.25) is 0 Å². The number of likely N-dealkylation sites (tertiary alicyclic amines) is 1. The lowest BCUT2D eigenvalue weighted by molar-refractivity contribution is -0.138. The molecule has 0 aromatic heterocycles. The van der Waals surface area contributed by atoms with Crippen molar-refractivity contribution < 1.29 is 18.0 Å². The fourth-order valence-corrected chi connectivity index (χ4v) is 3.50. The van der Waals surface area contributed by atoms with Crippen LogP contribution in [0.4, 0.5) is 13.2 Å². The number of nitrogens with two attached hydrogens (primary N) is 1. The van der Waals surface area contributed by atoms with E-state index in [1.807, 2.05) is 6.07 Å². The Bertz CT molecular complexity index is 826. The van der Waals surface area contributed by atoms with Gasteiger partial charge in [0.1, 0.15) is 0 Å². The molecule has 27 heavy (non-hydrogen) atoms. The van der Waals surface area contributed by atoms with Crippen LogP contribution >= 0.6 is 0 Å². The average molecular weight is 375 g/mol. The number of hydrogen-bond acceptors (Lipinski definition) is 3. The number of hydrazone groups is 1. The van der Waals surface area contributed by atoms with Crippen molar-refractivity contribution in [2.75, 3.05) is 13.1 Å². The molecule has 1 saturated heterocycles. The number of rotatable bonds is 3. The highest BCUT2D eigenvalue weighted by Crippen LogP contribution is 2.38. The van der Waals surface area contributed by atoms with Crippen molar-refractivity contribution in [3.63, 3.8) is 0 Å². The Morgan fingerprint density at radius 3 is 2.19 bits per heavy atom. The molecule has 1 amide bonds. The fourth-order valence-electron chi connectivity index (χ4n) is 3.50. The van der Waals surface area contributed by atoms with Crippen molar-refractivity contribution >= 4 is 11.6 Å². The summed E-state index contributed by atoms with van der Waals surface area (Å²) in [5.74, 6) is 4.88. The van der Waals surface area contributed by atoms with Crippen LogP contribution in [0.15, 0.2) is 59.7 Å². The van der Waals surface area contributed by atoms with E-state index in [2.05, 4.69) is 5.10 Å². The third-order valence-corrected chi connectivity index (χ3v) is 4.87. The maximum absolute atomic E-state index is 13.3. The molecule has 142 valence electrons. The van der Waals surface area contributed by atoms with Gasteiger partial charge in [-0.2, -0.15) is 18.3 Å². The summed E-state index contributed by atoms with van der Waals surface area (Å²) in [7, 11) is 0. The predicted octanol–water partition coefficient (Wildman–Crippen LogP) is 3.77. The third-order valence-electron chi connectivity index (χ3n) is 4.87. The lowest BCUT2D eigenvalue weighted by atomic mass is 9.86. The van der Waals surface area contributed by atoms with E-state index < -0.39 is 11.7 Å². The standard InChI is InChI=1S/C20H20F3N3O/c21-20(22,23)17-9-5-4-8-16(17)14-10-12-26(13-11-14)19(27)18(25-24)15-6-2-1-3-7-15/h1-9,14H,10-13,24H2. The Labute approximate surface area is 155 Å². The van der Waals surface area contributed by atoms with E-state index in [0.29, 0.717) is 37.1 Å². The Morgan fingerprint density at radius 1 is 1.00 bits per heavy atom. The summed E-state index contributed by atoms with van der Waals surface area (Å²) in [6.07, 6.45) is -3.45. The van der Waals surface area contributed by atoms with Gasteiger partial charge < -0.3 is 10.7 Å². The summed E-state index contributed by atoms with van der Waals surface area (Å²) in [6, 6.07) is 14.6. The van der Waals surface area contributed by atoms with Gasteiger partial charge in [0.25, 0.3) is 5.91 Å². The zero-order valence-corrected chi connectivity index (χ0v) is 14.6. The first-order valence-corrected chi connectivity index (χ1v) is 8.70. The summed E-state index contributed by atoms with van der Waals surface area (Å²) in [6.45, 7) is 0.725. The second-order valence-corrected chi connectivity index (χ2v) is 6.50. The maximum Gasteiger partial charge on any atom is 0.416 e. The second kappa shape index (κ2) is 7.82. The van der Waals surface area contributed by atoms with Gasteiger partial charge in [0.05, 0.1) is 5.56 Å². The number of alkyl halides is 3. The van der Waals surface area contributed by atoms with Crippen LogP contribution in [-0.2, 0) is 11.0 Å². The van der Waals surface area contributed by atoms with E-state index in [-0.39, 0.29) is 17.5 Å². The predicted molar refractivity (Wildman–Crippen MR) is 97.2 cm³/mol. The Morgan fingerprint density at radius 2 is 1.59 bits per heavy atom. The molecule has 7 heteroatoms. The van der Waals surface area contributed by atoms with Gasteiger partial charge in [-0.25, -0.2) is 0 Å². The molecule has 0 radical (unpaired) electrons. The first kappa shape index (κ1) is 18.9. The summed E-state index contributed by atoms with van der Waals surface area (Å²) in [4.78, 5) is 14.3. The summed E-state index contributed by atoms with van der Waals surface area (Å²) < 4.78 is 39.8. The van der Waals surface area contributed by atoms with Crippen molar-refractivity contribution in [1.82, 2.24) is 4.90 Å². The molecular formula is C20H20F3N3O. The molecule has 1 aliphatic rings. The Kier molecular flexibility index (Phi) is 5.48. The highest BCUT2D eigenvalue weighted by molar-refractivity contribution is 6.45. The highest BCUT2D eigenvalue weighted by atomic mass is 19.4. The number of benzene rings is 2. The fraction of sp³-hybridized carbons (Fsp3) is 0.300. The Balaban J connectivity index is 1.72. The zero-order chi connectivity index (χ0) is 19.4. The van der Waals surface area contributed by atoms with Crippen molar-refractivity contribution in [2.24, 2.45) is 10.9 Å². The molecule has 0 atom stereocenters. The van der Waals surface area contributed by atoms with Crippen LogP contribution in [0, 0.1) is 0 Å². The van der Waals surface area contributed by atoms with Gasteiger partial charge in [-0.3, -0.25) is 4.79 Å². The summed E-state index contributed by atoms with van der Waals surface area (Å²) in [5, 5.41) is 3.63. The number of nitrogens with zero attached hydrogens (tertiary/aromatic N) is 2. The number of amides is 1. The summed E-state index contributed by atoms with van der Waals surface area (Å²) in [5.41, 5.74) is 0.482. The largest absolute Gasteiger partial charge is 0.416 e. The molecule has 0 bridgehead atoms. The molecule has 2 aromatic rings. The molecule has 1 fully saturated rings. The third kappa shape index (κ3) is 4.13. The quantitative estimate of drug-likeness (QED) is 0.504. The molecule has 0 unspecified atom stereocenters. The number of carbonyl (C=O) groups is 1. The van der Waals surface area contributed by atoms with Crippen LogP contribution in [0.5, 0.6) is 0 Å². The van der Waals surface area contributed by atoms with E-state index >= 15 is 0 Å². The zero-order valence-electron chi connectivity index (χ0n) is 14.6. The van der Waals surface area contributed by atoms with E-state index in [1.54, 1.807) is 35.2 Å². The van der Waals surface area contributed by atoms with Gasteiger partial charge in [0.2, 0.25) is 0 Å². The molecule has 0 spiro atoms. The molecular weight excluding hydrogens is 355 g/mol. The normalized spacial score (nSPS) is 16.4. The van der Waals surface area contributed by atoms with Crippen molar-refractivity contribution in [2.45, 2.75) is 24.9 Å². The number of halogens is 3. The molecule has 2 aromatic carbocycles. The lowest BCUT2D eigenvalue weighted by Gasteiger charge is -2.33. The van der Waals surface area contributed by atoms with Crippen LogP contribution in [0.1, 0.15) is 35.4 Å². The van der Waals surface area contributed by atoms with Crippen LogP contribution < -0.4 is 5.84 Å². The SMILES string of the molecule is NN=C(C(=O)N1CCC(c2ccccc2C(F)(F)F)CC1)c1ccccc1. The molecule has 0 saturated carbocycles. The van der Waals surface area contributed by atoms with Gasteiger partial charge >= 0.3 is 6.18 Å². The Hall–Kier alpha value is -2.83. The van der Waals surface area contributed by atoms with Crippen LogP contribution in [0.25, 0.3) is 0 Å². The smallest absolute Gasteiger partial charge is 0.337 e. The van der Waals surface area contributed by atoms with Crippen LogP contribution in [-0.4, -0.2) is 29.6 Å². The van der Waals surface area contributed by atoms with Crippen LogP contribution in [0.3, 0.4) is 0 Å². The van der Waals surface area contributed by atoms with Crippen molar-refractivity contribution in [3.05, 3.63) is 71.3 Å². The van der Waals surface area contributed by atoms with E-state index in [1.165, 1.54) is 12.1 Å². The minimum atomic E-state index is -4.38. The topological polar surface area (TPSA) is 58.7 Å². The summed E-state index contributed by atoms with van der Waals surface area (Å²) >= 11 is 0. The maximum atomic E-state index is 13.3. The van der Waals surface area contributed by atoms with E-state index in [9.17, 15) is 18.0 Å². The molecule has 1 heterocycles. The lowest BCUT2D eigenvalue weighted by Crippen LogP contribution is -2.42. The molecule has 2 N–H and O–H groups in total. The van der Waals surface area contributed by atoms with Crippen molar-refractivity contribution in [3.8, 4) is 0 Å². The number of hydrogen-bond donors (Lipinski definition) is 1. The number of piperidine rings is 1. The minimum absolute atomic E-state index is 0.157. The van der Waals surface area contributed by atoms with Gasteiger partial charge in [-0.15, -0.1) is 0 Å². The molecule has 0 aliphatic carbocycles. The average Bonchev–Trinajstić information content (AvgIpc) is 2.69. The molecule has 4 nitrogen and oxygen atoms in total. The first-order chi connectivity index (χ1) is 12.9.